The van der Waals surface area contributed by atoms with E-state index in [0.29, 0.717) is 0 Å². The van der Waals surface area contributed by atoms with Crippen molar-refractivity contribution in [3.05, 3.63) is 40.5 Å². The van der Waals surface area contributed by atoms with Gasteiger partial charge in [-0.25, -0.2) is 0 Å². The van der Waals surface area contributed by atoms with Crippen LogP contribution in [0.15, 0.2) is 0 Å². The van der Waals surface area contributed by atoms with Crippen molar-refractivity contribution in [2.45, 2.75) is 11.8 Å². The van der Waals surface area contributed by atoms with E-state index in [2.05, 4.69) is 12.2 Å². The second kappa shape index (κ2) is 6.74. The number of thiocarbonyl (C=S) groups is 1. The van der Waals surface area contributed by atoms with Gasteiger partial charge in [0, 0.05) is 0 Å². The summed E-state index contributed by atoms with van der Waals surface area (Å²) in [6, 6.07) is 0. The van der Waals surface area contributed by atoms with Gasteiger partial charge in [0.15, 0.2) is 18.2 Å². The smallest absolute Gasteiger partial charge is 0.346 e. The lowest BCUT2D eigenvalue weighted by Gasteiger charge is -2.13. The Morgan fingerprint density at radius 3 is 1.23 bits per heavy atom. The van der Waals surface area contributed by atoms with E-state index in [1.807, 2.05) is 0 Å². The zero-order valence-electron chi connectivity index (χ0n) is 10.1. The fraction of sp³-hybridized carbons (Fsp3) is 0.800. The first-order valence-corrected chi connectivity index (χ1v) is 5.26. The molecular weight excluding hydrogens is 342 g/mol. The first-order valence-electron chi connectivity index (χ1n) is 4.85. The molecule has 0 unspecified atom stereocenters. The Bertz CT molecular complexity index is 457. The molecule has 0 aromatic heterocycles. The molecule has 0 bridgehead atoms. The highest BCUT2D eigenvalue weighted by Gasteiger charge is 2.59. The van der Waals surface area contributed by atoms with Crippen molar-refractivity contribution in [3.63, 3.8) is 0 Å². The summed E-state index contributed by atoms with van der Waals surface area (Å²) >= 11 is 4.29. The van der Waals surface area contributed by atoms with E-state index >= 15 is 0 Å². The minimum Gasteiger partial charge on any atom is -0.346 e. The molecule has 0 fully saturated rings. The van der Waals surface area contributed by atoms with E-state index in [1.54, 1.807) is 10.6 Å². The highest BCUT2D eigenvalue weighted by Crippen LogP contribution is 2.12. The molecule has 0 radical (unpaired) electrons. The third-order valence-electron chi connectivity index (χ3n) is 2.07. The third kappa shape index (κ3) is 4.07. The zero-order chi connectivity index (χ0) is 17.7. The third-order valence-corrected chi connectivity index (χ3v) is 2.36. The molecule has 0 aromatic carbocycles. The van der Waals surface area contributed by atoms with Gasteiger partial charge in [-0.2, -0.15) is 0 Å². The number of alkyl halides is 2. The summed E-state index contributed by atoms with van der Waals surface area (Å²) in [5, 5.41) is 43.1. The van der Waals surface area contributed by atoms with Gasteiger partial charge in [-0.15, -0.1) is 0 Å². The van der Waals surface area contributed by atoms with Crippen LogP contribution in [0, 0.1) is 40.5 Å². The van der Waals surface area contributed by atoms with Gasteiger partial charge in [-0.1, -0.05) is 8.78 Å². The van der Waals surface area contributed by atoms with Crippen LogP contribution in [-0.2, 0) is 0 Å². The molecule has 0 aromatic rings. The molecule has 0 amide bonds. The van der Waals surface area contributed by atoms with Gasteiger partial charge in [-0.3, -0.25) is 40.5 Å². The fourth-order valence-corrected chi connectivity index (χ4v) is 0.984. The van der Waals surface area contributed by atoms with Crippen LogP contribution in [0.4, 0.5) is 8.78 Å². The Hall–Kier alpha value is -2.85. The maximum absolute atomic E-state index is 13.3. The molecule has 0 heterocycles. The van der Waals surface area contributed by atoms with Crippen LogP contribution in [0.1, 0.15) is 0 Å². The average Bonchev–Trinajstić information content (AvgIpc) is 2.40. The van der Waals surface area contributed by atoms with Crippen LogP contribution in [0.2, 0.25) is 0 Å². The van der Waals surface area contributed by atoms with Gasteiger partial charge in [0.2, 0.25) is 0 Å². The number of halogens is 2. The quantitative estimate of drug-likeness (QED) is 0.176. The van der Waals surface area contributed by atoms with Crippen LogP contribution in [0.3, 0.4) is 0 Å². The van der Waals surface area contributed by atoms with Gasteiger partial charge in [0.1, 0.15) is 19.7 Å². The predicted octanol–water partition coefficient (Wildman–Crippen LogP) is -1.20. The second-order valence-electron chi connectivity index (χ2n) is 3.50. The molecule has 0 rings (SSSR count). The minimum atomic E-state index is -4.16. The van der Waals surface area contributed by atoms with Crippen LogP contribution in [0.25, 0.3) is 0 Å². The summed E-state index contributed by atoms with van der Waals surface area (Å²) in [5.74, 6) is -8.32. The molecule has 0 aliphatic carbocycles. The predicted molar refractivity (Wildman–Crippen MR) is 64.3 cm³/mol. The van der Waals surface area contributed by atoms with E-state index < -0.39 is 49.7 Å². The largest absolute Gasteiger partial charge is 0.631 e. The molecule has 22 heavy (non-hydrogen) atoms. The number of hydrogen-bond donors (Lipinski definition) is 2. The van der Waals surface area contributed by atoms with E-state index in [1.165, 1.54) is 0 Å². The highest BCUT2D eigenvalue weighted by molar-refractivity contribution is 7.80. The summed E-state index contributed by atoms with van der Waals surface area (Å²) < 4.78 is 26.6. The van der Waals surface area contributed by atoms with Gasteiger partial charge in [-0.05, 0) is 12.2 Å². The Labute approximate surface area is 123 Å². The number of nitrogens with one attached hydrogen (secondary N) is 2. The zero-order valence-corrected chi connectivity index (χ0v) is 10.9. The lowest BCUT2D eigenvalue weighted by atomic mass is 10.4. The van der Waals surface area contributed by atoms with Crippen LogP contribution >= 0.6 is 12.2 Å². The van der Waals surface area contributed by atoms with E-state index in [9.17, 15) is 49.2 Å². The molecule has 0 saturated heterocycles. The van der Waals surface area contributed by atoms with E-state index in [4.69, 9.17) is 0 Å². The van der Waals surface area contributed by atoms with Crippen molar-refractivity contribution < 1.29 is 28.5 Å². The highest BCUT2D eigenvalue weighted by atomic mass is 32.1. The minimum absolute atomic E-state index is 0.906. The molecular formula is C5H6F2N6O8S. The van der Waals surface area contributed by atoms with E-state index in [0.717, 1.165) is 0 Å². The lowest BCUT2D eigenvalue weighted by Crippen LogP contribution is -2.56. The molecule has 0 saturated carbocycles. The van der Waals surface area contributed by atoms with Crippen molar-refractivity contribution >= 4 is 17.3 Å². The number of rotatable bonds is 8. The molecule has 0 aliphatic heterocycles. The molecule has 0 spiro atoms. The molecule has 0 aliphatic rings. The van der Waals surface area contributed by atoms with Gasteiger partial charge >= 0.3 is 11.8 Å². The Kier molecular flexibility index (Phi) is 5.86. The fourth-order valence-electron chi connectivity index (χ4n) is 0.840. The van der Waals surface area contributed by atoms with Gasteiger partial charge < -0.3 is 10.6 Å². The Balaban J connectivity index is 4.72. The molecule has 124 valence electrons. The molecule has 2 N–H and O–H groups in total. The van der Waals surface area contributed by atoms with Crippen molar-refractivity contribution in [2.24, 2.45) is 0 Å². The van der Waals surface area contributed by atoms with Crippen molar-refractivity contribution in [2.75, 3.05) is 13.1 Å². The SMILES string of the molecule is O=[N+]([O-])C(F)(CNC(=S)NCC(F)([N+](=O)[O-])[N+](=O)[O-])[N+](=O)[O-]. The summed E-state index contributed by atoms with van der Waals surface area (Å²) in [6.45, 7) is -3.20. The number of nitrogens with zero attached hydrogens (tertiary/aromatic N) is 4. The summed E-state index contributed by atoms with van der Waals surface area (Å²) in [6.07, 6.45) is 0. The first-order chi connectivity index (χ1) is 9.87. The van der Waals surface area contributed by atoms with Gasteiger partial charge in [0.05, 0.1) is 0 Å². The van der Waals surface area contributed by atoms with Crippen LogP contribution < -0.4 is 10.6 Å². The van der Waals surface area contributed by atoms with Gasteiger partial charge in [0.25, 0.3) is 0 Å². The lowest BCUT2D eigenvalue weighted by molar-refractivity contribution is -0.828. The maximum Gasteiger partial charge on any atom is 0.631 e. The van der Waals surface area contributed by atoms with Crippen LogP contribution in [0.5, 0.6) is 0 Å². The normalized spacial score (nSPS) is 11.4. The Morgan fingerprint density at radius 2 is 1.05 bits per heavy atom. The summed E-state index contributed by atoms with van der Waals surface area (Å²) in [7, 11) is 0. The molecule has 14 nitrogen and oxygen atoms in total. The topological polar surface area (TPSA) is 197 Å². The summed E-state index contributed by atoms with van der Waals surface area (Å²) in [4.78, 5) is 33.4. The Morgan fingerprint density at radius 1 is 0.818 bits per heavy atom. The summed E-state index contributed by atoms with van der Waals surface area (Å²) in [5.41, 5.74) is 0. The first kappa shape index (κ1) is 19.1. The second-order valence-corrected chi connectivity index (χ2v) is 3.91. The van der Waals surface area contributed by atoms with Crippen molar-refractivity contribution in [1.82, 2.24) is 10.6 Å². The van der Waals surface area contributed by atoms with Crippen LogP contribution in [-0.4, -0.2) is 49.7 Å². The number of hydrogen-bond acceptors (Lipinski definition) is 9. The standard InChI is InChI=1S/C5H6F2N6O8S/c6-4(10(14)15,11(16)17)1-8-3(22)9-2-5(7,12(18)19)13(20)21/h1-2H2,(H2,8,9,22). The molecule has 0 atom stereocenters. The van der Waals surface area contributed by atoms with Crippen molar-refractivity contribution in [3.8, 4) is 0 Å². The maximum atomic E-state index is 13.3. The number of nitro groups is 4. The average molecular weight is 348 g/mol. The van der Waals surface area contributed by atoms with Crippen molar-refractivity contribution in [1.29, 1.82) is 0 Å². The molecule has 17 heteroatoms. The van der Waals surface area contributed by atoms with E-state index in [-0.39, 0.29) is 0 Å². The monoisotopic (exact) mass is 348 g/mol.